The lowest BCUT2D eigenvalue weighted by atomic mass is 9.77. The van der Waals surface area contributed by atoms with Crippen LogP contribution in [0.5, 0.6) is 5.75 Å². The largest absolute Gasteiger partial charge is 0.496 e. The highest BCUT2D eigenvalue weighted by Crippen LogP contribution is 2.42. The van der Waals surface area contributed by atoms with Gasteiger partial charge in [-0.05, 0) is 43.9 Å². The van der Waals surface area contributed by atoms with Gasteiger partial charge in [0, 0.05) is 44.0 Å². The van der Waals surface area contributed by atoms with E-state index in [1.54, 1.807) is 7.11 Å². The molecule has 1 N–H and O–H groups in total. The molecule has 2 heterocycles. The van der Waals surface area contributed by atoms with Gasteiger partial charge in [-0.2, -0.15) is 0 Å². The smallest absolute Gasteiger partial charge is 0.128 e. The van der Waals surface area contributed by atoms with E-state index in [1.807, 2.05) is 36.5 Å². The summed E-state index contributed by atoms with van der Waals surface area (Å²) in [5, 5.41) is 11.2. The highest BCUT2D eigenvalue weighted by Gasteiger charge is 2.38. The molecular weight excluding hydrogens is 338 g/mol. The van der Waals surface area contributed by atoms with Crippen LogP contribution in [0.3, 0.4) is 0 Å². The van der Waals surface area contributed by atoms with Crippen LogP contribution in [0.2, 0.25) is 0 Å². The maximum atomic E-state index is 11.2. The predicted molar refractivity (Wildman–Crippen MR) is 107 cm³/mol. The Balaban J connectivity index is 1.35. The number of rotatable bonds is 4. The quantitative estimate of drug-likeness (QED) is 0.900. The number of piperazine rings is 1. The summed E-state index contributed by atoms with van der Waals surface area (Å²) < 4.78 is 5.48. The molecule has 1 aromatic carbocycles. The fourth-order valence-corrected chi connectivity index (χ4v) is 4.60. The van der Waals surface area contributed by atoms with Crippen molar-refractivity contribution in [2.75, 3.05) is 38.2 Å². The topological polar surface area (TPSA) is 48.8 Å². The lowest BCUT2D eigenvalue weighted by molar-refractivity contribution is -0.0272. The van der Waals surface area contributed by atoms with E-state index in [4.69, 9.17) is 4.74 Å². The van der Waals surface area contributed by atoms with Gasteiger partial charge in [-0.25, -0.2) is 4.98 Å². The summed E-state index contributed by atoms with van der Waals surface area (Å²) in [6.45, 7) is 4.16. The van der Waals surface area contributed by atoms with E-state index in [0.29, 0.717) is 6.04 Å². The second-order valence-corrected chi connectivity index (χ2v) is 7.67. The van der Waals surface area contributed by atoms with Gasteiger partial charge in [-0.3, -0.25) is 4.90 Å². The average molecular weight is 367 g/mol. The summed E-state index contributed by atoms with van der Waals surface area (Å²) in [6, 6.07) is 14.5. The van der Waals surface area contributed by atoms with E-state index in [1.165, 1.54) is 0 Å². The molecule has 5 nitrogen and oxygen atoms in total. The maximum absolute atomic E-state index is 11.2. The second kappa shape index (κ2) is 7.87. The van der Waals surface area contributed by atoms with Crippen LogP contribution in [0.4, 0.5) is 5.82 Å². The van der Waals surface area contributed by atoms with Crippen molar-refractivity contribution in [2.24, 2.45) is 0 Å². The number of aromatic nitrogens is 1. The molecule has 2 aromatic rings. The number of hydrogen-bond donors (Lipinski definition) is 1. The van der Waals surface area contributed by atoms with Crippen LogP contribution in [0, 0.1) is 0 Å². The zero-order valence-electron chi connectivity index (χ0n) is 16.1. The molecule has 5 heteroatoms. The lowest BCUT2D eigenvalue weighted by Crippen LogP contribution is -2.52. The summed E-state index contributed by atoms with van der Waals surface area (Å²) in [4.78, 5) is 9.44. The first-order chi connectivity index (χ1) is 13.2. The molecule has 2 fully saturated rings. The molecule has 2 aliphatic rings. The van der Waals surface area contributed by atoms with Crippen LogP contribution < -0.4 is 9.64 Å². The van der Waals surface area contributed by atoms with Gasteiger partial charge >= 0.3 is 0 Å². The Labute approximate surface area is 161 Å². The van der Waals surface area contributed by atoms with Crippen LogP contribution >= 0.6 is 0 Å². The van der Waals surface area contributed by atoms with E-state index < -0.39 is 5.60 Å². The number of ether oxygens (including phenoxy) is 1. The normalized spacial score (nSPS) is 26.7. The molecule has 0 amide bonds. The Hall–Kier alpha value is -2.11. The van der Waals surface area contributed by atoms with Crippen molar-refractivity contribution < 1.29 is 9.84 Å². The first kappa shape index (κ1) is 18.3. The molecule has 0 bridgehead atoms. The number of anilines is 1. The molecule has 1 aromatic heterocycles. The summed E-state index contributed by atoms with van der Waals surface area (Å²) in [5.41, 5.74) is 0.171. The van der Waals surface area contributed by atoms with E-state index in [-0.39, 0.29) is 0 Å². The van der Waals surface area contributed by atoms with Crippen molar-refractivity contribution in [2.45, 2.75) is 37.3 Å². The fourth-order valence-electron chi connectivity index (χ4n) is 4.60. The molecule has 0 spiro atoms. The highest BCUT2D eigenvalue weighted by atomic mass is 16.5. The minimum Gasteiger partial charge on any atom is -0.496 e. The molecule has 0 unspecified atom stereocenters. The van der Waals surface area contributed by atoms with Crippen molar-refractivity contribution >= 4 is 5.82 Å². The van der Waals surface area contributed by atoms with Crippen molar-refractivity contribution in [3.05, 3.63) is 54.2 Å². The molecule has 1 saturated heterocycles. The van der Waals surface area contributed by atoms with Gasteiger partial charge in [0.1, 0.15) is 11.6 Å². The molecular formula is C22H29N3O2. The van der Waals surface area contributed by atoms with Crippen LogP contribution in [-0.4, -0.2) is 54.3 Å². The van der Waals surface area contributed by atoms with Gasteiger partial charge in [-0.15, -0.1) is 0 Å². The third-order valence-electron chi connectivity index (χ3n) is 6.19. The van der Waals surface area contributed by atoms with Crippen molar-refractivity contribution in [3.8, 4) is 5.75 Å². The van der Waals surface area contributed by atoms with E-state index in [0.717, 1.165) is 69.0 Å². The molecule has 0 atom stereocenters. The third-order valence-corrected chi connectivity index (χ3v) is 6.19. The van der Waals surface area contributed by atoms with Gasteiger partial charge in [0.2, 0.25) is 0 Å². The number of aliphatic hydroxyl groups is 1. The van der Waals surface area contributed by atoms with Gasteiger partial charge in [-0.1, -0.05) is 24.3 Å². The molecule has 1 aliphatic heterocycles. The Morgan fingerprint density at radius 1 is 1.00 bits per heavy atom. The summed E-state index contributed by atoms with van der Waals surface area (Å²) >= 11 is 0. The Morgan fingerprint density at radius 2 is 1.70 bits per heavy atom. The highest BCUT2D eigenvalue weighted by molar-refractivity contribution is 5.39. The first-order valence-corrected chi connectivity index (χ1v) is 9.95. The molecule has 0 radical (unpaired) electrons. The second-order valence-electron chi connectivity index (χ2n) is 7.67. The first-order valence-electron chi connectivity index (χ1n) is 9.95. The van der Waals surface area contributed by atoms with Crippen LogP contribution in [0.15, 0.2) is 48.7 Å². The lowest BCUT2D eigenvalue weighted by Gasteiger charge is -2.44. The van der Waals surface area contributed by atoms with Crippen molar-refractivity contribution in [3.63, 3.8) is 0 Å². The van der Waals surface area contributed by atoms with Gasteiger partial charge in [0.15, 0.2) is 0 Å². The Morgan fingerprint density at radius 3 is 2.37 bits per heavy atom. The summed E-state index contributed by atoms with van der Waals surface area (Å²) in [5.74, 6) is 1.87. The zero-order chi connectivity index (χ0) is 18.7. The van der Waals surface area contributed by atoms with Crippen LogP contribution in [0.25, 0.3) is 0 Å². The Bertz CT molecular complexity index is 736. The van der Waals surface area contributed by atoms with Gasteiger partial charge in [0.05, 0.1) is 12.7 Å². The molecule has 1 aliphatic carbocycles. The number of nitrogens with zero attached hydrogens (tertiary/aromatic N) is 3. The molecule has 4 rings (SSSR count). The fraction of sp³-hybridized carbons (Fsp3) is 0.500. The number of hydrogen-bond acceptors (Lipinski definition) is 5. The maximum Gasteiger partial charge on any atom is 0.128 e. The minimum atomic E-state index is -0.765. The zero-order valence-corrected chi connectivity index (χ0v) is 16.1. The standard InChI is InChI=1S/C22H29N3O2/c1-27-20-7-3-2-6-19(20)22(26)11-9-18(10-12-22)24-14-16-25(17-15-24)21-8-4-5-13-23-21/h2-8,13,18,26H,9-12,14-17H2,1H3. The SMILES string of the molecule is COc1ccccc1C1(O)CCC(N2CCN(c3ccccn3)CC2)CC1. The van der Waals surface area contributed by atoms with Gasteiger partial charge < -0.3 is 14.7 Å². The average Bonchev–Trinajstić information content (AvgIpc) is 2.75. The minimum absolute atomic E-state index is 0.561. The van der Waals surface area contributed by atoms with Crippen molar-refractivity contribution in [1.29, 1.82) is 0 Å². The van der Waals surface area contributed by atoms with E-state index in [9.17, 15) is 5.11 Å². The number of methoxy groups -OCH3 is 1. The number of pyridine rings is 1. The number of para-hydroxylation sites is 1. The Kier molecular flexibility index (Phi) is 5.32. The van der Waals surface area contributed by atoms with Crippen LogP contribution in [0.1, 0.15) is 31.2 Å². The van der Waals surface area contributed by atoms with Crippen LogP contribution in [-0.2, 0) is 5.60 Å². The molecule has 27 heavy (non-hydrogen) atoms. The molecule has 144 valence electrons. The predicted octanol–water partition coefficient (Wildman–Crippen LogP) is 3.04. The summed E-state index contributed by atoms with van der Waals surface area (Å²) in [6.07, 6.45) is 5.49. The van der Waals surface area contributed by atoms with Gasteiger partial charge in [0.25, 0.3) is 0 Å². The van der Waals surface area contributed by atoms with E-state index >= 15 is 0 Å². The van der Waals surface area contributed by atoms with Crippen molar-refractivity contribution in [1.82, 2.24) is 9.88 Å². The molecule has 1 saturated carbocycles. The number of benzene rings is 1. The summed E-state index contributed by atoms with van der Waals surface area (Å²) in [7, 11) is 1.68. The third kappa shape index (κ3) is 3.80. The van der Waals surface area contributed by atoms with E-state index in [2.05, 4.69) is 26.9 Å². The monoisotopic (exact) mass is 367 g/mol.